The van der Waals surface area contributed by atoms with Crippen molar-refractivity contribution in [2.24, 2.45) is 0 Å². The first-order valence-corrected chi connectivity index (χ1v) is 10.7. The van der Waals surface area contributed by atoms with E-state index in [1.807, 2.05) is 0 Å². The Hall–Kier alpha value is -2.97. The van der Waals surface area contributed by atoms with Crippen molar-refractivity contribution in [3.63, 3.8) is 0 Å². The van der Waals surface area contributed by atoms with Gasteiger partial charge in [-0.15, -0.1) is 0 Å². The number of nitrogens with one attached hydrogen (secondary N) is 1. The molecule has 0 saturated carbocycles. The van der Waals surface area contributed by atoms with Gasteiger partial charge in [0, 0.05) is 24.2 Å². The van der Waals surface area contributed by atoms with Gasteiger partial charge in [-0.25, -0.2) is 8.42 Å². The summed E-state index contributed by atoms with van der Waals surface area (Å²) in [5.74, 6) is -1.14. The number of benzene rings is 2. The van der Waals surface area contributed by atoms with Gasteiger partial charge in [0.15, 0.2) is 4.91 Å². The number of sulfonamides is 1. The van der Waals surface area contributed by atoms with Crippen LogP contribution < -0.4 is 4.72 Å². The smallest absolute Gasteiger partial charge is 0.268 e. The highest BCUT2D eigenvalue weighted by Gasteiger charge is 2.41. The van der Waals surface area contributed by atoms with E-state index in [1.165, 1.54) is 6.07 Å². The van der Waals surface area contributed by atoms with Gasteiger partial charge < -0.3 is 9.64 Å². The van der Waals surface area contributed by atoms with Gasteiger partial charge in [0.1, 0.15) is 5.70 Å². The number of allylic oxidation sites excluding steroid dienone is 2. The molecule has 1 heterocycles. The Bertz CT molecular complexity index is 1130. The number of para-hydroxylation sites is 1. The normalized spacial score (nSPS) is 17.3. The van der Waals surface area contributed by atoms with Crippen LogP contribution in [0, 0.1) is 6.92 Å². The predicted octanol–water partition coefficient (Wildman–Crippen LogP) is 2.36. The third-order valence-corrected chi connectivity index (χ3v) is 6.44. The van der Waals surface area contributed by atoms with Crippen LogP contribution in [0.5, 0.6) is 0 Å². The molecule has 29 heavy (non-hydrogen) atoms. The molecule has 7 nitrogen and oxygen atoms in total. The fourth-order valence-corrected chi connectivity index (χ4v) is 5.00. The predicted molar refractivity (Wildman–Crippen MR) is 108 cm³/mol. The Labute approximate surface area is 169 Å². The molecule has 0 radical (unpaired) electrons. The maximum absolute atomic E-state index is 13.3. The summed E-state index contributed by atoms with van der Waals surface area (Å²) in [5, 5.41) is 0. The summed E-state index contributed by atoms with van der Waals surface area (Å²) in [6.07, 6.45) is 0. The molecule has 0 atom stereocenters. The number of rotatable bonds is 4. The first kappa shape index (κ1) is 19.4. The monoisotopic (exact) mass is 412 g/mol. The van der Waals surface area contributed by atoms with Crippen LogP contribution in [0.15, 0.2) is 59.1 Å². The first-order chi connectivity index (χ1) is 13.9. The largest absolute Gasteiger partial charge is 0.378 e. The second kappa shape index (κ2) is 7.46. The lowest BCUT2D eigenvalue weighted by Gasteiger charge is -2.33. The average Bonchev–Trinajstić information content (AvgIpc) is 2.72. The zero-order valence-corrected chi connectivity index (χ0v) is 16.7. The number of anilines is 1. The van der Waals surface area contributed by atoms with Crippen molar-refractivity contribution in [2.75, 3.05) is 31.0 Å². The molecule has 1 fully saturated rings. The average molecular weight is 412 g/mol. The summed E-state index contributed by atoms with van der Waals surface area (Å²) in [6.45, 7) is 3.13. The van der Waals surface area contributed by atoms with E-state index in [1.54, 1.807) is 54.3 Å². The lowest BCUT2D eigenvalue weighted by molar-refractivity contribution is 0.0499. The van der Waals surface area contributed by atoms with Gasteiger partial charge >= 0.3 is 0 Å². The lowest BCUT2D eigenvalue weighted by Crippen LogP contribution is -2.43. The quantitative estimate of drug-likeness (QED) is 0.829. The molecule has 1 aliphatic heterocycles. The van der Waals surface area contributed by atoms with Crippen molar-refractivity contribution >= 4 is 27.3 Å². The van der Waals surface area contributed by atoms with E-state index in [-0.39, 0.29) is 16.8 Å². The minimum atomic E-state index is -4.31. The molecule has 0 unspecified atom stereocenters. The molecule has 1 N–H and O–H groups in total. The number of Topliss-reactive ketones (excluding diaryl/α,β-unsaturated/α-hetero) is 2. The second-order valence-electron chi connectivity index (χ2n) is 6.90. The fourth-order valence-electron chi connectivity index (χ4n) is 3.55. The summed E-state index contributed by atoms with van der Waals surface area (Å²) in [4.78, 5) is 27.6. The number of ketones is 2. The molecule has 4 rings (SSSR count). The number of morpholine rings is 1. The van der Waals surface area contributed by atoms with Gasteiger partial charge in [-0.1, -0.05) is 42.5 Å². The van der Waals surface area contributed by atoms with Crippen LogP contribution in [-0.4, -0.2) is 51.2 Å². The van der Waals surface area contributed by atoms with Crippen LogP contribution >= 0.6 is 0 Å². The topological polar surface area (TPSA) is 92.8 Å². The molecule has 0 amide bonds. The molecule has 1 aliphatic carbocycles. The highest BCUT2D eigenvalue weighted by molar-refractivity contribution is 7.97. The van der Waals surface area contributed by atoms with E-state index in [4.69, 9.17) is 4.74 Å². The third-order valence-electron chi connectivity index (χ3n) is 5.04. The van der Waals surface area contributed by atoms with Crippen molar-refractivity contribution < 1.29 is 22.7 Å². The minimum absolute atomic E-state index is 0.0851. The molecule has 8 heteroatoms. The van der Waals surface area contributed by atoms with E-state index < -0.39 is 26.5 Å². The number of fused-ring (bicyclic) bond motifs is 1. The fraction of sp³-hybridized carbons (Fsp3) is 0.238. The Morgan fingerprint density at radius 2 is 1.48 bits per heavy atom. The Balaban J connectivity index is 1.88. The van der Waals surface area contributed by atoms with Gasteiger partial charge in [-0.2, -0.15) is 0 Å². The van der Waals surface area contributed by atoms with Crippen molar-refractivity contribution in [3.8, 4) is 0 Å². The lowest BCUT2D eigenvalue weighted by atomic mass is 9.91. The highest BCUT2D eigenvalue weighted by atomic mass is 32.2. The number of nitrogens with zero attached hydrogens (tertiary/aromatic N) is 1. The van der Waals surface area contributed by atoms with Gasteiger partial charge in [-0.05, 0) is 18.6 Å². The van der Waals surface area contributed by atoms with E-state index in [2.05, 4.69) is 4.72 Å². The molecule has 0 aromatic heterocycles. The van der Waals surface area contributed by atoms with Crippen molar-refractivity contribution in [2.45, 2.75) is 6.92 Å². The zero-order valence-electron chi connectivity index (χ0n) is 15.8. The molecule has 150 valence electrons. The number of carbonyl (C=O) groups is 2. The summed E-state index contributed by atoms with van der Waals surface area (Å²) >= 11 is 0. The van der Waals surface area contributed by atoms with Crippen molar-refractivity contribution in [3.05, 3.63) is 75.8 Å². The molecule has 1 saturated heterocycles. The van der Waals surface area contributed by atoms with Crippen LogP contribution in [-0.2, 0) is 14.8 Å². The molecule has 2 aromatic rings. The van der Waals surface area contributed by atoms with Gasteiger partial charge in [-0.3, -0.25) is 14.3 Å². The van der Waals surface area contributed by atoms with E-state index >= 15 is 0 Å². The number of ether oxygens (including phenoxy) is 1. The maximum Gasteiger partial charge on any atom is 0.268 e. The Kier molecular flexibility index (Phi) is 4.97. The number of carbonyl (C=O) groups excluding carboxylic acids is 2. The maximum atomic E-state index is 13.3. The number of hydrogen-bond acceptors (Lipinski definition) is 6. The summed E-state index contributed by atoms with van der Waals surface area (Å²) < 4.78 is 34.5. The molecular formula is C21H20N2O5S. The summed E-state index contributed by atoms with van der Waals surface area (Å²) in [7, 11) is -4.31. The molecule has 0 bridgehead atoms. The van der Waals surface area contributed by atoms with Gasteiger partial charge in [0.05, 0.1) is 18.9 Å². The standard InChI is InChI=1S/C21H20N2O5S/c1-14-6-2-5-9-17(14)22-29(26,27)21-18(23-10-12-28-13-11-23)19(24)15-7-3-4-8-16(15)20(21)25/h2-9,22H,10-13H2,1H3. The molecular weight excluding hydrogens is 392 g/mol. The first-order valence-electron chi connectivity index (χ1n) is 9.24. The molecule has 0 spiro atoms. The van der Waals surface area contributed by atoms with Crippen molar-refractivity contribution in [1.82, 2.24) is 4.90 Å². The number of hydrogen-bond donors (Lipinski definition) is 1. The highest BCUT2D eigenvalue weighted by Crippen LogP contribution is 2.33. The summed E-state index contributed by atoms with van der Waals surface area (Å²) in [5.41, 5.74) is 1.30. The van der Waals surface area contributed by atoms with Gasteiger partial charge in [0.2, 0.25) is 11.6 Å². The molecule has 2 aliphatic rings. The van der Waals surface area contributed by atoms with Crippen LogP contribution in [0.2, 0.25) is 0 Å². The number of aryl methyl sites for hydroxylation is 1. The zero-order chi connectivity index (χ0) is 20.6. The second-order valence-corrected chi connectivity index (χ2v) is 8.52. The van der Waals surface area contributed by atoms with Crippen LogP contribution in [0.3, 0.4) is 0 Å². The van der Waals surface area contributed by atoms with Crippen LogP contribution in [0.4, 0.5) is 5.69 Å². The van der Waals surface area contributed by atoms with Gasteiger partial charge in [0.25, 0.3) is 10.0 Å². The summed E-state index contributed by atoms with van der Waals surface area (Å²) in [6, 6.07) is 13.2. The minimum Gasteiger partial charge on any atom is -0.378 e. The van der Waals surface area contributed by atoms with E-state index in [0.717, 1.165) is 0 Å². The van der Waals surface area contributed by atoms with Crippen LogP contribution in [0.25, 0.3) is 0 Å². The van der Waals surface area contributed by atoms with Crippen molar-refractivity contribution in [1.29, 1.82) is 0 Å². The molecule has 2 aromatic carbocycles. The SMILES string of the molecule is Cc1ccccc1NS(=O)(=O)C1=C(N2CCOCC2)C(=O)c2ccccc2C1=O. The Morgan fingerprint density at radius 3 is 2.14 bits per heavy atom. The Morgan fingerprint density at radius 1 is 0.897 bits per heavy atom. The van der Waals surface area contributed by atoms with Crippen LogP contribution in [0.1, 0.15) is 26.3 Å². The van der Waals surface area contributed by atoms with E-state index in [0.29, 0.717) is 37.6 Å². The third kappa shape index (κ3) is 3.45. The van der Waals surface area contributed by atoms with E-state index in [9.17, 15) is 18.0 Å².